The molecule has 1 saturated heterocycles. The molecule has 2 N–H and O–H groups in total. The van der Waals surface area contributed by atoms with E-state index in [0.717, 1.165) is 36.1 Å². The van der Waals surface area contributed by atoms with Crippen molar-refractivity contribution in [3.63, 3.8) is 0 Å². The molecule has 0 spiro atoms. The number of hydrogen-bond donors (Lipinski definition) is 2. The number of carboxylic acids is 1. The van der Waals surface area contributed by atoms with Crippen molar-refractivity contribution in [2.75, 3.05) is 32.0 Å². The number of hydrogen-bond acceptors (Lipinski definition) is 3. The summed E-state index contributed by atoms with van der Waals surface area (Å²) >= 11 is 0. The fourth-order valence-corrected chi connectivity index (χ4v) is 3.64. The molecule has 0 aromatic heterocycles. The number of carbonyl (C=O) groups excluding carboxylic acids is 1. The molecule has 1 aliphatic heterocycles. The summed E-state index contributed by atoms with van der Waals surface area (Å²) in [5, 5.41) is 11.9. The third kappa shape index (κ3) is 5.33. The van der Waals surface area contributed by atoms with E-state index in [9.17, 15) is 9.59 Å². The molecule has 1 atom stereocenters. The van der Waals surface area contributed by atoms with Crippen LogP contribution in [0, 0.1) is 0 Å². The van der Waals surface area contributed by atoms with Crippen LogP contribution in [0.5, 0.6) is 0 Å². The second-order valence-corrected chi connectivity index (χ2v) is 7.25. The van der Waals surface area contributed by atoms with Crippen LogP contribution in [0.2, 0.25) is 0 Å². The van der Waals surface area contributed by atoms with Crippen LogP contribution in [0.4, 0.5) is 10.5 Å². The van der Waals surface area contributed by atoms with Gasteiger partial charge in [0.15, 0.2) is 0 Å². The molecular weight excluding hydrogens is 354 g/mol. The van der Waals surface area contributed by atoms with Gasteiger partial charge < -0.3 is 15.3 Å². The lowest BCUT2D eigenvalue weighted by Crippen LogP contribution is -2.38. The van der Waals surface area contributed by atoms with Gasteiger partial charge in [0, 0.05) is 24.8 Å². The van der Waals surface area contributed by atoms with Crippen LogP contribution in [0.1, 0.15) is 19.3 Å². The van der Waals surface area contributed by atoms with Gasteiger partial charge >= 0.3 is 12.0 Å². The Balaban J connectivity index is 1.55. The summed E-state index contributed by atoms with van der Waals surface area (Å²) in [7, 11) is 1.84. The Morgan fingerprint density at radius 1 is 1.04 bits per heavy atom. The van der Waals surface area contributed by atoms with Crippen molar-refractivity contribution in [1.82, 2.24) is 9.80 Å². The van der Waals surface area contributed by atoms with Crippen LogP contribution >= 0.6 is 0 Å². The van der Waals surface area contributed by atoms with E-state index in [1.807, 2.05) is 59.3 Å². The molecule has 28 heavy (non-hydrogen) atoms. The van der Waals surface area contributed by atoms with Crippen molar-refractivity contribution >= 4 is 17.7 Å². The molecule has 2 aromatic carbocycles. The molecule has 3 rings (SSSR count). The van der Waals surface area contributed by atoms with Gasteiger partial charge in [-0.2, -0.15) is 0 Å². The quantitative estimate of drug-likeness (QED) is 0.827. The topological polar surface area (TPSA) is 72.9 Å². The zero-order chi connectivity index (χ0) is 19.9. The van der Waals surface area contributed by atoms with Gasteiger partial charge in [-0.15, -0.1) is 0 Å². The van der Waals surface area contributed by atoms with Gasteiger partial charge in [-0.05, 0) is 49.6 Å². The molecule has 2 aromatic rings. The molecule has 1 aliphatic rings. The van der Waals surface area contributed by atoms with Crippen LogP contribution in [-0.2, 0) is 4.79 Å². The van der Waals surface area contributed by atoms with Gasteiger partial charge in [0.2, 0.25) is 0 Å². The molecule has 1 heterocycles. The number of nitrogens with zero attached hydrogens (tertiary/aromatic N) is 2. The van der Waals surface area contributed by atoms with E-state index < -0.39 is 5.97 Å². The molecule has 0 aliphatic carbocycles. The van der Waals surface area contributed by atoms with Gasteiger partial charge in [-0.3, -0.25) is 9.69 Å². The van der Waals surface area contributed by atoms with E-state index >= 15 is 0 Å². The summed E-state index contributed by atoms with van der Waals surface area (Å²) < 4.78 is 0. The summed E-state index contributed by atoms with van der Waals surface area (Å²) in [6, 6.07) is 18.1. The van der Waals surface area contributed by atoms with E-state index in [1.165, 1.54) is 0 Å². The van der Waals surface area contributed by atoms with E-state index in [-0.39, 0.29) is 18.6 Å². The molecule has 6 nitrogen and oxygen atoms in total. The molecular formula is C22H27N3O3. The number of carbonyl (C=O) groups is 2. The Bertz CT molecular complexity index is 792. The Hall–Kier alpha value is -2.86. The smallest absolute Gasteiger partial charge is 0.321 e. The highest BCUT2D eigenvalue weighted by molar-refractivity contribution is 5.89. The standard InChI is InChI=1S/C22H27N3O3/c1-24(16-21(26)27)20-8-5-14-25(15-13-20)22(28)23-19-11-9-18(10-12-19)17-6-3-2-4-7-17/h2-4,6-7,9-12,20H,5,8,13-16H2,1H3,(H,23,28)(H,26,27). The van der Waals surface area contributed by atoms with Gasteiger partial charge in [-0.25, -0.2) is 4.79 Å². The minimum atomic E-state index is -0.819. The highest BCUT2D eigenvalue weighted by Crippen LogP contribution is 2.22. The van der Waals surface area contributed by atoms with Gasteiger partial charge in [-0.1, -0.05) is 42.5 Å². The maximum absolute atomic E-state index is 12.6. The monoisotopic (exact) mass is 381 g/mol. The number of carboxylic acid groups (broad SMARTS) is 1. The van der Waals surface area contributed by atoms with Crippen molar-refractivity contribution < 1.29 is 14.7 Å². The number of nitrogens with one attached hydrogen (secondary N) is 1. The normalized spacial score (nSPS) is 17.2. The lowest BCUT2D eigenvalue weighted by atomic mass is 10.1. The van der Waals surface area contributed by atoms with Crippen LogP contribution in [0.15, 0.2) is 54.6 Å². The lowest BCUT2D eigenvalue weighted by Gasteiger charge is -2.25. The fourth-order valence-electron chi connectivity index (χ4n) is 3.64. The van der Waals surface area contributed by atoms with Crippen LogP contribution < -0.4 is 5.32 Å². The minimum Gasteiger partial charge on any atom is -0.480 e. The lowest BCUT2D eigenvalue weighted by molar-refractivity contribution is -0.138. The van der Waals surface area contributed by atoms with Crippen molar-refractivity contribution in [3.8, 4) is 11.1 Å². The Morgan fingerprint density at radius 3 is 2.39 bits per heavy atom. The Morgan fingerprint density at radius 2 is 1.71 bits per heavy atom. The van der Waals surface area contributed by atoms with Crippen molar-refractivity contribution in [3.05, 3.63) is 54.6 Å². The number of aliphatic carboxylic acids is 1. The minimum absolute atomic E-state index is 0.0324. The SMILES string of the molecule is CN(CC(=O)O)C1CCCN(C(=O)Nc2ccc(-c3ccccc3)cc2)CC1. The first-order valence-corrected chi connectivity index (χ1v) is 9.66. The second kappa shape index (κ2) is 9.37. The predicted molar refractivity (Wildman–Crippen MR) is 110 cm³/mol. The molecule has 0 bridgehead atoms. The van der Waals surface area contributed by atoms with E-state index in [4.69, 9.17) is 5.11 Å². The maximum Gasteiger partial charge on any atom is 0.321 e. The number of rotatable bonds is 5. The molecule has 6 heteroatoms. The van der Waals surface area contributed by atoms with E-state index in [2.05, 4.69) is 17.4 Å². The number of likely N-dealkylation sites (tertiary alicyclic amines) is 1. The molecule has 2 amide bonds. The fraction of sp³-hybridized carbons (Fsp3) is 0.364. The Labute approximate surface area is 165 Å². The second-order valence-electron chi connectivity index (χ2n) is 7.25. The van der Waals surface area contributed by atoms with Crippen molar-refractivity contribution in [2.24, 2.45) is 0 Å². The third-order valence-electron chi connectivity index (χ3n) is 5.24. The molecule has 0 radical (unpaired) electrons. The predicted octanol–water partition coefficient (Wildman–Crippen LogP) is 3.76. The van der Waals surface area contributed by atoms with Crippen molar-refractivity contribution in [1.29, 1.82) is 0 Å². The molecule has 1 fully saturated rings. The Kier molecular flexibility index (Phi) is 6.66. The summed E-state index contributed by atoms with van der Waals surface area (Å²) in [5.74, 6) is -0.819. The highest BCUT2D eigenvalue weighted by Gasteiger charge is 2.24. The first kappa shape index (κ1) is 19.9. The van der Waals surface area contributed by atoms with E-state index in [0.29, 0.717) is 13.1 Å². The number of likely N-dealkylation sites (N-methyl/N-ethyl adjacent to an activating group) is 1. The highest BCUT2D eigenvalue weighted by atomic mass is 16.4. The summed E-state index contributed by atoms with van der Waals surface area (Å²) in [4.78, 5) is 27.2. The number of benzene rings is 2. The largest absolute Gasteiger partial charge is 0.480 e. The van der Waals surface area contributed by atoms with Crippen LogP contribution in [-0.4, -0.2) is 59.6 Å². The first-order valence-electron chi connectivity index (χ1n) is 9.66. The van der Waals surface area contributed by atoms with Crippen molar-refractivity contribution in [2.45, 2.75) is 25.3 Å². The van der Waals surface area contributed by atoms with Gasteiger partial charge in [0.05, 0.1) is 6.54 Å². The summed E-state index contributed by atoms with van der Waals surface area (Å²) in [6.07, 6.45) is 2.55. The zero-order valence-electron chi connectivity index (χ0n) is 16.2. The summed E-state index contributed by atoms with van der Waals surface area (Å²) in [5.41, 5.74) is 3.02. The van der Waals surface area contributed by atoms with Gasteiger partial charge in [0.25, 0.3) is 0 Å². The number of amides is 2. The van der Waals surface area contributed by atoms with E-state index in [1.54, 1.807) is 0 Å². The molecule has 1 unspecified atom stereocenters. The average Bonchev–Trinajstić information content (AvgIpc) is 2.95. The maximum atomic E-state index is 12.6. The zero-order valence-corrected chi connectivity index (χ0v) is 16.2. The molecule has 0 saturated carbocycles. The van der Waals surface area contributed by atoms with Crippen LogP contribution in [0.3, 0.4) is 0 Å². The third-order valence-corrected chi connectivity index (χ3v) is 5.24. The number of anilines is 1. The molecule has 148 valence electrons. The average molecular weight is 381 g/mol. The van der Waals surface area contributed by atoms with Crippen LogP contribution in [0.25, 0.3) is 11.1 Å². The number of urea groups is 1. The van der Waals surface area contributed by atoms with Gasteiger partial charge in [0.1, 0.15) is 0 Å². The first-order chi connectivity index (χ1) is 13.5. The summed E-state index contributed by atoms with van der Waals surface area (Å²) in [6.45, 7) is 1.35.